The predicted octanol–water partition coefficient (Wildman–Crippen LogP) is -0.207. The van der Waals surface area contributed by atoms with Crippen LogP contribution in [0.2, 0.25) is 0 Å². The van der Waals surface area contributed by atoms with E-state index >= 15 is 0 Å². The normalized spacial score (nSPS) is 18.3. The molecule has 2 N–H and O–H groups in total. The Balaban J connectivity index is 0.000000232. The Morgan fingerprint density at radius 2 is 2.00 bits per heavy atom. The lowest BCUT2D eigenvalue weighted by Crippen LogP contribution is -2.47. The molecule has 1 aromatic rings. The average molecular weight is 252 g/mol. The van der Waals surface area contributed by atoms with Crippen molar-refractivity contribution in [2.45, 2.75) is 6.04 Å². The molecule has 1 atom stereocenters. The second-order valence-corrected chi connectivity index (χ2v) is 3.68. The van der Waals surface area contributed by atoms with Gasteiger partial charge in [0.05, 0.1) is 12.6 Å². The fraction of sp³-hybridized carbons (Fsp3) is 0.273. The van der Waals surface area contributed by atoms with Gasteiger partial charge in [-0.15, -0.1) is 0 Å². The standard InChI is InChI=1S/C9H10N2O.C2H2O4/c1-11-6-8(12)9(11)7-3-2-4-10-5-7;3-1(4)2(5)6/h2-5,9H,6H2,1H3;(H,3,4)(H,5,6). The zero-order chi connectivity index (χ0) is 13.7. The SMILES string of the molecule is CN1CC(=O)C1c1cccnc1.O=C(O)C(=O)O. The number of ketones is 1. The number of carboxylic acid groups (broad SMARTS) is 2. The number of nitrogens with zero attached hydrogens (tertiary/aromatic N) is 2. The number of Topliss-reactive ketones (excluding diaryl/α,β-unsaturated/α-hetero) is 1. The van der Waals surface area contributed by atoms with Crippen LogP contribution >= 0.6 is 0 Å². The molecule has 7 heteroatoms. The third-order valence-electron chi connectivity index (χ3n) is 2.33. The first kappa shape index (κ1) is 13.8. The van der Waals surface area contributed by atoms with E-state index in [1.807, 2.05) is 24.1 Å². The van der Waals surface area contributed by atoms with E-state index in [1.165, 1.54) is 0 Å². The van der Waals surface area contributed by atoms with Crippen molar-refractivity contribution in [3.05, 3.63) is 30.1 Å². The first-order valence-electron chi connectivity index (χ1n) is 5.02. The van der Waals surface area contributed by atoms with Gasteiger partial charge in [0, 0.05) is 12.4 Å². The number of carbonyl (C=O) groups excluding carboxylic acids is 1. The summed E-state index contributed by atoms with van der Waals surface area (Å²) in [7, 11) is 1.94. The molecule has 0 aromatic carbocycles. The van der Waals surface area contributed by atoms with Crippen molar-refractivity contribution >= 4 is 17.7 Å². The van der Waals surface area contributed by atoms with Crippen molar-refractivity contribution in [3.8, 4) is 0 Å². The summed E-state index contributed by atoms with van der Waals surface area (Å²) < 4.78 is 0. The van der Waals surface area contributed by atoms with E-state index in [0.717, 1.165) is 5.56 Å². The van der Waals surface area contributed by atoms with E-state index in [2.05, 4.69) is 4.98 Å². The first-order valence-corrected chi connectivity index (χ1v) is 5.02. The van der Waals surface area contributed by atoms with E-state index in [-0.39, 0.29) is 11.8 Å². The number of pyridine rings is 1. The number of aromatic nitrogens is 1. The molecule has 1 aliphatic rings. The van der Waals surface area contributed by atoms with Crippen LogP contribution in [0.3, 0.4) is 0 Å². The highest BCUT2D eigenvalue weighted by molar-refractivity contribution is 6.27. The fourth-order valence-corrected chi connectivity index (χ4v) is 1.54. The second kappa shape index (κ2) is 5.87. The van der Waals surface area contributed by atoms with Crippen molar-refractivity contribution < 1.29 is 24.6 Å². The number of rotatable bonds is 1. The molecule has 1 fully saturated rings. The highest BCUT2D eigenvalue weighted by Crippen LogP contribution is 2.26. The third-order valence-corrected chi connectivity index (χ3v) is 2.33. The number of hydrogen-bond acceptors (Lipinski definition) is 5. The monoisotopic (exact) mass is 252 g/mol. The van der Waals surface area contributed by atoms with Crippen molar-refractivity contribution in [1.29, 1.82) is 0 Å². The minimum atomic E-state index is -1.82. The lowest BCUT2D eigenvalue weighted by molar-refractivity contribution is -0.159. The molecular weight excluding hydrogens is 240 g/mol. The molecular formula is C11H12N2O5. The summed E-state index contributed by atoms with van der Waals surface area (Å²) in [5.74, 6) is -3.37. The zero-order valence-corrected chi connectivity index (χ0v) is 9.61. The van der Waals surface area contributed by atoms with Crippen LogP contribution in [0.4, 0.5) is 0 Å². The molecule has 2 heterocycles. The van der Waals surface area contributed by atoms with Gasteiger partial charge in [0.1, 0.15) is 0 Å². The van der Waals surface area contributed by atoms with Crippen LogP contribution in [0, 0.1) is 0 Å². The Morgan fingerprint density at radius 1 is 1.39 bits per heavy atom. The lowest BCUT2D eigenvalue weighted by Gasteiger charge is -2.35. The fourth-order valence-electron chi connectivity index (χ4n) is 1.54. The summed E-state index contributed by atoms with van der Waals surface area (Å²) in [6.07, 6.45) is 3.46. The highest BCUT2D eigenvalue weighted by atomic mass is 16.4. The van der Waals surface area contributed by atoms with E-state index in [1.54, 1.807) is 12.4 Å². The maximum atomic E-state index is 11.2. The molecule has 1 saturated heterocycles. The van der Waals surface area contributed by atoms with Crippen LogP contribution < -0.4 is 0 Å². The minimum absolute atomic E-state index is 0.0429. The Labute approximate surface area is 103 Å². The van der Waals surface area contributed by atoms with E-state index in [9.17, 15) is 4.79 Å². The Kier molecular flexibility index (Phi) is 4.50. The molecule has 1 aromatic heterocycles. The Morgan fingerprint density at radius 3 is 2.33 bits per heavy atom. The minimum Gasteiger partial charge on any atom is -0.473 e. The summed E-state index contributed by atoms with van der Waals surface area (Å²) in [4.78, 5) is 35.4. The van der Waals surface area contributed by atoms with E-state index in [4.69, 9.17) is 19.8 Å². The van der Waals surface area contributed by atoms with Gasteiger partial charge in [0.2, 0.25) is 0 Å². The molecule has 7 nitrogen and oxygen atoms in total. The van der Waals surface area contributed by atoms with Gasteiger partial charge in [-0.2, -0.15) is 0 Å². The molecule has 0 radical (unpaired) electrons. The summed E-state index contributed by atoms with van der Waals surface area (Å²) in [5.41, 5.74) is 0.997. The Hall–Kier alpha value is -2.28. The molecule has 2 rings (SSSR count). The molecule has 18 heavy (non-hydrogen) atoms. The van der Waals surface area contributed by atoms with Crippen molar-refractivity contribution in [2.24, 2.45) is 0 Å². The first-order chi connectivity index (χ1) is 8.43. The quantitative estimate of drug-likeness (QED) is 0.666. The topological polar surface area (TPSA) is 108 Å². The number of likely N-dealkylation sites (N-methyl/N-ethyl adjacent to an activating group) is 1. The van der Waals surface area contributed by atoms with Gasteiger partial charge in [-0.1, -0.05) is 6.07 Å². The molecule has 0 spiro atoms. The van der Waals surface area contributed by atoms with Crippen molar-refractivity contribution in [3.63, 3.8) is 0 Å². The van der Waals surface area contributed by atoms with Crippen molar-refractivity contribution in [1.82, 2.24) is 9.88 Å². The summed E-state index contributed by atoms with van der Waals surface area (Å²) in [6, 6.07) is 3.75. The summed E-state index contributed by atoms with van der Waals surface area (Å²) in [6.45, 7) is 0.569. The van der Waals surface area contributed by atoms with Crippen LogP contribution in [0.15, 0.2) is 24.5 Å². The van der Waals surface area contributed by atoms with Crippen LogP contribution in [0.25, 0.3) is 0 Å². The smallest absolute Gasteiger partial charge is 0.414 e. The molecule has 1 aliphatic heterocycles. The number of hydrogen-bond donors (Lipinski definition) is 2. The van der Waals surface area contributed by atoms with Gasteiger partial charge in [-0.05, 0) is 18.7 Å². The molecule has 0 saturated carbocycles. The Bertz CT molecular complexity index is 448. The maximum absolute atomic E-state index is 11.2. The van der Waals surface area contributed by atoms with Crippen LogP contribution in [0.1, 0.15) is 11.6 Å². The largest absolute Gasteiger partial charge is 0.473 e. The van der Waals surface area contributed by atoms with E-state index < -0.39 is 11.9 Å². The van der Waals surface area contributed by atoms with Crippen LogP contribution in [0.5, 0.6) is 0 Å². The van der Waals surface area contributed by atoms with Crippen LogP contribution in [-0.4, -0.2) is 51.4 Å². The zero-order valence-electron chi connectivity index (χ0n) is 9.61. The van der Waals surface area contributed by atoms with Crippen LogP contribution in [-0.2, 0) is 14.4 Å². The second-order valence-electron chi connectivity index (χ2n) is 3.68. The summed E-state index contributed by atoms with van der Waals surface area (Å²) >= 11 is 0. The maximum Gasteiger partial charge on any atom is 0.414 e. The number of carboxylic acids is 2. The van der Waals surface area contributed by atoms with Gasteiger partial charge in [0.15, 0.2) is 5.78 Å². The van der Waals surface area contributed by atoms with Gasteiger partial charge < -0.3 is 10.2 Å². The van der Waals surface area contributed by atoms with Gasteiger partial charge in [0.25, 0.3) is 0 Å². The predicted molar refractivity (Wildman–Crippen MR) is 59.9 cm³/mol. The molecule has 0 amide bonds. The molecule has 0 bridgehead atoms. The third kappa shape index (κ3) is 3.36. The highest BCUT2D eigenvalue weighted by Gasteiger charge is 2.35. The number of carbonyl (C=O) groups is 3. The van der Waals surface area contributed by atoms with Gasteiger partial charge >= 0.3 is 11.9 Å². The van der Waals surface area contributed by atoms with Gasteiger partial charge in [-0.25, -0.2) is 9.59 Å². The van der Waals surface area contributed by atoms with E-state index in [0.29, 0.717) is 6.54 Å². The average Bonchev–Trinajstić information content (AvgIpc) is 2.30. The number of aliphatic carboxylic acids is 2. The summed E-state index contributed by atoms with van der Waals surface area (Å²) in [5, 5.41) is 14.8. The molecule has 1 unspecified atom stereocenters. The lowest BCUT2D eigenvalue weighted by atomic mass is 9.96. The van der Waals surface area contributed by atoms with Gasteiger partial charge in [-0.3, -0.25) is 14.7 Å². The van der Waals surface area contributed by atoms with Crippen molar-refractivity contribution in [2.75, 3.05) is 13.6 Å². The molecule has 0 aliphatic carbocycles. The molecule has 96 valence electrons. The number of likely N-dealkylation sites (tertiary alicyclic amines) is 1.